The van der Waals surface area contributed by atoms with Gasteiger partial charge in [0, 0.05) is 30.8 Å². The topological polar surface area (TPSA) is 107 Å². The predicted octanol–water partition coefficient (Wildman–Crippen LogP) is 9.47. The lowest BCUT2D eigenvalue weighted by atomic mass is 9.96. The Hall–Kier alpha value is -3.34. The summed E-state index contributed by atoms with van der Waals surface area (Å²) in [5.41, 5.74) is 2.45. The molecule has 50 heavy (non-hydrogen) atoms. The van der Waals surface area contributed by atoms with Crippen LogP contribution in [0.4, 0.5) is 10.5 Å². The number of aryl methyl sites for hydroxylation is 1. The highest BCUT2D eigenvalue weighted by Gasteiger charge is 2.29. The highest BCUT2D eigenvalue weighted by atomic mass is 35.5. The van der Waals surface area contributed by atoms with Gasteiger partial charge in [-0.25, -0.2) is 13.7 Å². The van der Waals surface area contributed by atoms with Gasteiger partial charge in [0.05, 0.1) is 23.6 Å². The number of halogens is 1. The summed E-state index contributed by atoms with van der Waals surface area (Å²) in [6.07, 6.45) is 8.24. The van der Waals surface area contributed by atoms with E-state index in [1.807, 2.05) is 25.1 Å². The number of nitrogens with zero attached hydrogens (tertiary/aromatic N) is 2. The van der Waals surface area contributed by atoms with Crippen molar-refractivity contribution in [3.8, 4) is 5.75 Å². The Bertz CT molecular complexity index is 1600. The van der Waals surface area contributed by atoms with E-state index in [1.165, 1.54) is 5.56 Å². The summed E-state index contributed by atoms with van der Waals surface area (Å²) < 4.78 is 38.7. The van der Waals surface area contributed by atoms with Crippen LogP contribution in [-0.4, -0.2) is 53.4 Å². The van der Waals surface area contributed by atoms with Crippen LogP contribution >= 0.6 is 11.6 Å². The number of hydrogen-bond donors (Lipinski definition) is 1. The fraction of sp³-hybridized carbons (Fsp3) is 0.538. The van der Waals surface area contributed by atoms with E-state index in [2.05, 4.69) is 40.1 Å². The Balaban J connectivity index is 2.17. The lowest BCUT2D eigenvalue weighted by Gasteiger charge is -2.32. The number of methoxy groups -OCH3 is 1. The molecule has 1 N–H and O–H groups in total. The zero-order chi connectivity index (χ0) is 36.9. The van der Waals surface area contributed by atoms with Crippen molar-refractivity contribution in [2.75, 3.05) is 25.2 Å². The number of fused-ring (bicyclic) bond motifs is 2. The Morgan fingerprint density at radius 2 is 1.88 bits per heavy atom. The number of benzene rings is 2. The highest BCUT2D eigenvalue weighted by molar-refractivity contribution is 7.93. The van der Waals surface area contributed by atoms with E-state index in [9.17, 15) is 13.8 Å². The van der Waals surface area contributed by atoms with Crippen molar-refractivity contribution >= 4 is 39.2 Å². The summed E-state index contributed by atoms with van der Waals surface area (Å²) in [4.78, 5) is 29.2. The first-order chi connectivity index (χ1) is 23.7. The van der Waals surface area contributed by atoms with E-state index >= 15 is 0 Å². The number of carbonyl (C=O) groups is 2. The van der Waals surface area contributed by atoms with E-state index < -0.39 is 32.8 Å². The summed E-state index contributed by atoms with van der Waals surface area (Å²) >= 11 is 6.45. The minimum Gasteiger partial charge on any atom is -0.491 e. The average Bonchev–Trinajstić information content (AvgIpc) is 3.08. The molecule has 0 saturated carbocycles. The van der Waals surface area contributed by atoms with E-state index in [4.69, 9.17) is 25.8 Å². The van der Waals surface area contributed by atoms with Gasteiger partial charge in [-0.1, -0.05) is 50.1 Å². The van der Waals surface area contributed by atoms with Gasteiger partial charge in [0.15, 0.2) is 0 Å². The molecule has 2 amide bonds. The predicted molar refractivity (Wildman–Crippen MR) is 205 cm³/mol. The zero-order valence-electron chi connectivity index (χ0n) is 30.7. The monoisotopic (exact) mass is 729 g/mol. The Labute approximate surface area is 305 Å². The molecule has 1 aliphatic rings. The summed E-state index contributed by atoms with van der Waals surface area (Å²) in [5.74, 6) is 0.166. The fourth-order valence-corrected chi connectivity index (χ4v) is 8.12. The van der Waals surface area contributed by atoms with Gasteiger partial charge in [0.1, 0.15) is 21.3 Å². The van der Waals surface area contributed by atoms with Crippen LogP contribution in [0.3, 0.4) is 0 Å². The zero-order valence-corrected chi connectivity index (χ0v) is 32.2. The maximum atomic E-state index is 14.5. The molecule has 0 spiro atoms. The molecule has 1 aliphatic heterocycles. The number of amides is 2. The molecule has 0 radical (unpaired) electrons. The first-order valence-electron chi connectivity index (χ1n) is 17.6. The molecule has 276 valence electrons. The smallest absolute Gasteiger partial charge is 0.420 e. The van der Waals surface area contributed by atoms with Crippen LogP contribution in [0.25, 0.3) is 0 Å². The number of anilines is 1. The van der Waals surface area contributed by atoms with Crippen LogP contribution in [0.1, 0.15) is 101 Å². The van der Waals surface area contributed by atoms with Gasteiger partial charge in [0.25, 0.3) is 5.91 Å². The molecule has 1 unspecified atom stereocenters. The third kappa shape index (κ3) is 12.2. The maximum absolute atomic E-state index is 14.5. The third-order valence-electron chi connectivity index (χ3n) is 8.81. The molecule has 0 saturated heterocycles. The lowest BCUT2D eigenvalue weighted by molar-refractivity contribution is 0.0571. The molecule has 0 aliphatic carbocycles. The molecule has 11 heteroatoms. The quantitative estimate of drug-likeness (QED) is 0.193. The average molecular weight is 730 g/mol. The molecule has 4 atom stereocenters. The second-order valence-corrected chi connectivity index (χ2v) is 16.4. The second-order valence-electron chi connectivity index (χ2n) is 13.8. The molecular weight excluding hydrogens is 674 g/mol. The van der Waals surface area contributed by atoms with E-state index in [-0.39, 0.29) is 17.6 Å². The molecule has 0 aromatic heterocycles. The van der Waals surface area contributed by atoms with E-state index in [0.29, 0.717) is 49.7 Å². The van der Waals surface area contributed by atoms with Crippen molar-refractivity contribution in [3.05, 3.63) is 83.4 Å². The first-order valence-corrected chi connectivity index (χ1v) is 19.6. The third-order valence-corrected chi connectivity index (χ3v) is 11.4. The Kier molecular flexibility index (Phi) is 15.9. The number of allylic oxidation sites excluding steroid dienone is 1. The minimum absolute atomic E-state index is 0.101. The summed E-state index contributed by atoms with van der Waals surface area (Å²) in [5, 5.41) is 0.0862. The van der Waals surface area contributed by atoms with Gasteiger partial charge in [-0.05, 0) is 113 Å². The molecule has 0 bridgehead atoms. The van der Waals surface area contributed by atoms with E-state index in [1.54, 1.807) is 52.2 Å². The van der Waals surface area contributed by atoms with Crippen molar-refractivity contribution in [3.63, 3.8) is 0 Å². The molecule has 2 aromatic rings. The van der Waals surface area contributed by atoms with Gasteiger partial charge in [-0.3, -0.25) is 4.79 Å². The molecule has 9 nitrogen and oxygen atoms in total. The number of rotatable bonds is 14. The normalized spacial score (nSPS) is 16.5. The summed E-state index contributed by atoms with van der Waals surface area (Å²) in [6, 6.07) is 11.2. The molecule has 2 aromatic carbocycles. The van der Waals surface area contributed by atoms with Crippen LogP contribution in [0.15, 0.2) is 66.1 Å². The highest BCUT2D eigenvalue weighted by Crippen LogP contribution is 2.35. The van der Waals surface area contributed by atoms with Gasteiger partial charge in [0.2, 0.25) is 0 Å². The number of carbonyl (C=O) groups excluding carboxylic acids is 2. The minimum atomic E-state index is -3.60. The molecule has 0 fully saturated rings. The second kappa shape index (κ2) is 19.3. The van der Waals surface area contributed by atoms with Crippen molar-refractivity contribution in [1.29, 1.82) is 0 Å². The molecule has 3 rings (SSSR count). The number of hydrogen-bond acceptors (Lipinski definition) is 7. The Morgan fingerprint density at radius 1 is 1.12 bits per heavy atom. The standard InChI is InChI=1S/C39H56ClN3O6S/c1-9-13-17-34(12-4)50(46,42-38(45)49-39(5,6)7)41-37(44)30-19-21-36-35(25-30)43(26-28(10-2)23-33(11-3)47-8)27-31-18-20-32(40)24-29(31)16-14-15-22-48-36/h9,11,18-21,24-25,28,33-34H,1,3,10,12-17,22-23,26-27H2,2,4-8H3,(H,41,42,44,45,46)/t28-,33+,34-,50?/m1/s1. The van der Waals surface area contributed by atoms with Crippen molar-refractivity contribution in [2.24, 2.45) is 10.3 Å². The number of ether oxygens (including phenoxy) is 3. The van der Waals surface area contributed by atoms with Crippen LogP contribution < -0.4 is 14.4 Å². The maximum Gasteiger partial charge on any atom is 0.420 e. The van der Waals surface area contributed by atoms with Crippen molar-refractivity contribution < 1.29 is 28.0 Å². The van der Waals surface area contributed by atoms with Crippen molar-refractivity contribution in [1.82, 2.24) is 4.72 Å². The van der Waals surface area contributed by atoms with Gasteiger partial charge in [-0.15, -0.1) is 17.5 Å². The molecular formula is C39H56ClN3O6S. The number of nitrogens with one attached hydrogen (secondary N) is 1. The molecule has 1 heterocycles. The van der Waals surface area contributed by atoms with E-state index in [0.717, 1.165) is 43.4 Å². The van der Waals surface area contributed by atoms with Crippen LogP contribution in [0.5, 0.6) is 5.75 Å². The lowest BCUT2D eigenvalue weighted by Crippen LogP contribution is -2.41. The van der Waals surface area contributed by atoms with Gasteiger partial charge >= 0.3 is 6.09 Å². The first kappa shape index (κ1) is 41.1. The summed E-state index contributed by atoms with van der Waals surface area (Å²) in [6.45, 7) is 18.6. The Morgan fingerprint density at radius 3 is 2.52 bits per heavy atom. The summed E-state index contributed by atoms with van der Waals surface area (Å²) in [7, 11) is -1.91. The van der Waals surface area contributed by atoms with Gasteiger partial charge in [-0.2, -0.15) is 0 Å². The van der Waals surface area contributed by atoms with Crippen LogP contribution in [0, 0.1) is 5.92 Å². The van der Waals surface area contributed by atoms with Crippen molar-refractivity contribution in [2.45, 2.75) is 109 Å². The van der Waals surface area contributed by atoms with Gasteiger partial charge < -0.3 is 19.1 Å². The van der Waals surface area contributed by atoms with Crippen LogP contribution in [0.2, 0.25) is 5.02 Å². The fourth-order valence-electron chi connectivity index (χ4n) is 6.02. The van der Waals surface area contributed by atoms with Crippen LogP contribution in [-0.2, 0) is 32.4 Å². The largest absolute Gasteiger partial charge is 0.491 e. The SMILES string of the molecule is C=CCC[C@@H](CC)S(=O)(=NC(=O)c1ccc2c(c1)N(C[C@H](CC)C[C@H](C=C)OC)Cc1ccc(Cl)cc1CCCCO2)NC(=O)OC(C)(C)C.